The van der Waals surface area contributed by atoms with E-state index in [0.717, 1.165) is 17.0 Å². The summed E-state index contributed by atoms with van der Waals surface area (Å²) in [5.74, 6) is 1.43. The number of rotatable bonds is 4. The number of benzene rings is 1. The Morgan fingerprint density at radius 2 is 2.22 bits per heavy atom. The van der Waals surface area contributed by atoms with Gasteiger partial charge in [0.1, 0.15) is 17.9 Å². The van der Waals surface area contributed by atoms with E-state index in [9.17, 15) is 5.11 Å². The second kappa shape index (κ2) is 5.18. The van der Waals surface area contributed by atoms with Crippen LogP contribution in [0.25, 0.3) is 0 Å². The topological polar surface area (TPSA) is 60.2 Å². The largest absolute Gasteiger partial charge is 0.496 e. The summed E-state index contributed by atoms with van der Waals surface area (Å²) in [7, 11) is 3.41. The highest BCUT2D eigenvalue weighted by Gasteiger charge is 2.16. The van der Waals surface area contributed by atoms with Crippen molar-refractivity contribution < 1.29 is 9.84 Å². The van der Waals surface area contributed by atoms with Gasteiger partial charge < -0.3 is 9.84 Å². The SMILES string of the molecule is COc1ccc(C)cc1C(O)Cc1ncnn1C. The summed E-state index contributed by atoms with van der Waals surface area (Å²) in [5.41, 5.74) is 1.86. The van der Waals surface area contributed by atoms with Gasteiger partial charge in [0.05, 0.1) is 13.2 Å². The van der Waals surface area contributed by atoms with Crippen LogP contribution in [0, 0.1) is 6.92 Å². The number of aliphatic hydroxyl groups is 1. The second-order valence-corrected chi connectivity index (χ2v) is 4.27. The van der Waals surface area contributed by atoms with E-state index in [0.29, 0.717) is 12.2 Å². The van der Waals surface area contributed by atoms with Crippen molar-refractivity contribution in [3.8, 4) is 5.75 Å². The third kappa shape index (κ3) is 2.51. The third-order valence-electron chi connectivity index (χ3n) is 2.93. The minimum atomic E-state index is -0.650. The number of aliphatic hydroxyl groups excluding tert-OH is 1. The lowest BCUT2D eigenvalue weighted by atomic mass is 10.0. The summed E-state index contributed by atoms with van der Waals surface area (Å²) >= 11 is 0. The van der Waals surface area contributed by atoms with E-state index in [-0.39, 0.29) is 0 Å². The summed E-state index contributed by atoms with van der Waals surface area (Å²) in [6, 6.07) is 5.75. The Kier molecular flexibility index (Phi) is 3.62. The molecule has 0 aliphatic rings. The van der Waals surface area contributed by atoms with Crippen LogP contribution in [0.4, 0.5) is 0 Å². The van der Waals surface area contributed by atoms with E-state index >= 15 is 0 Å². The molecule has 0 aliphatic carbocycles. The lowest BCUT2D eigenvalue weighted by Crippen LogP contribution is -2.09. The number of hydrogen-bond acceptors (Lipinski definition) is 4. The van der Waals surface area contributed by atoms with E-state index in [1.54, 1.807) is 11.8 Å². The molecule has 0 saturated heterocycles. The normalized spacial score (nSPS) is 12.4. The summed E-state index contributed by atoms with van der Waals surface area (Å²) in [6.07, 6.45) is 1.24. The van der Waals surface area contributed by atoms with E-state index in [2.05, 4.69) is 10.1 Å². The molecule has 96 valence electrons. The summed E-state index contributed by atoms with van der Waals surface area (Å²) in [5, 5.41) is 14.3. The molecule has 1 aromatic carbocycles. The smallest absolute Gasteiger partial charge is 0.138 e. The van der Waals surface area contributed by atoms with Crippen LogP contribution < -0.4 is 4.74 Å². The Morgan fingerprint density at radius 3 is 2.83 bits per heavy atom. The first kappa shape index (κ1) is 12.6. The molecule has 0 radical (unpaired) electrons. The molecular formula is C13H17N3O2. The lowest BCUT2D eigenvalue weighted by Gasteiger charge is -2.15. The lowest BCUT2D eigenvalue weighted by molar-refractivity contribution is 0.170. The van der Waals surface area contributed by atoms with Crippen LogP contribution in [0.3, 0.4) is 0 Å². The maximum Gasteiger partial charge on any atom is 0.138 e. The van der Waals surface area contributed by atoms with Crippen LogP contribution in [0.15, 0.2) is 24.5 Å². The molecule has 5 nitrogen and oxygen atoms in total. The first-order valence-electron chi connectivity index (χ1n) is 5.77. The molecule has 0 bridgehead atoms. The first-order valence-corrected chi connectivity index (χ1v) is 5.77. The Hall–Kier alpha value is -1.88. The van der Waals surface area contributed by atoms with Gasteiger partial charge in [-0.05, 0) is 19.1 Å². The Balaban J connectivity index is 2.25. The Bertz CT molecular complexity index is 537. The summed E-state index contributed by atoms with van der Waals surface area (Å²) in [4.78, 5) is 4.11. The van der Waals surface area contributed by atoms with Crippen molar-refractivity contribution in [3.63, 3.8) is 0 Å². The number of ether oxygens (including phenoxy) is 1. The van der Waals surface area contributed by atoms with Crippen molar-refractivity contribution in [2.24, 2.45) is 7.05 Å². The molecule has 0 aliphatic heterocycles. The van der Waals surface area contributed by atoms with Gasteiger partial charge in [-0.15, -0.1) is 0 Å². The molecule has 0 saturated carbocycles. The number of aryl methyl sites for hydroxylation is 2. The Morgan fingerprint density at radius 1 is 1.44 bits per heavy atom. The van der Waals surface area contributed by atoms with Crippen LogP contribution in [0.2, 0.25) is 0 Å². The van der Waals surface area contributed by atoms with E-state index in [1.165, 1.54) is 6.33 Å². The van der Waals surface area contributed by atoms with Gasteiger partial charge >= 0.3 is 0 Å². The minimum Gasteiger partial charge on any atom is -0.496 e. The van der Waals surface area contributed by atoms with Gasteiger partial charge in [0.25, 0.3) is 0 Å². The van der Waals surface area contributed by atoms with Crippen molar-refractivity contribution in [1.29, 1.82) is 0 Å². The monoisotopic (exact) mass is 247 g/mol. The molecular weight excluding hydrogens is 230 g/mol. The quantitative estimate of drug-likeness (QED) is 0.887. The van der Waals surface area contributed by atoms with Crippen molar-refractivity contribution >= 4 is 0 Å². The molecule has 0 amide bonds. The highest BCUT2D eigenvalue weighted by Crippen LogP contribution is 2.28. The highest BCUT2D eigenvalue weighted by molar-refractivity contribution is 5.38. The zero-order valence-electron chi connectivity index (χ0n) is 10.8. The van der Waals surface area contributed by atoms with Crippen LogP contribution in [0.5, 0.6) is 5.75 Å². The molecule has 1 atom stereocenters. The van der Waals surface area contributed by atoms with Gasteiger partial charge in [0, 0.05) is 19.0 Å². The molecule has 2 aromatic rings. The number of hydrogen-bond donors (Lipinski definition) is 1. The second-order valence-electron chi connectivity index (χ2n) is 4.27. The van der Waals surface area contributed by atoms with Crippen molar-refractivity contribution in [2.75, 3.05) is 7.11 Å². The number of aromatic nitrogens is 3. The van der Waals surface area contributed by atoms with Gasteiger partial charge in [0.2, 0.25) is 0 Å². The molecule has 0 spiro atoms. The highest BCUT2D eigenvalue weighted by atomic mass is 16.5. The van der Waals surface area contributed by atoms with Crippen LogP contribution in [-0.4, -0.2) is 27.0 Å². The molecule has 2 rings (SSSR count). The van der Waals surface area contributed by atoms with Gasteiger partial charge in [-0.1, -0.05) is 11.6 Å². The van der Waals surface area contributed by atoms with E-state index in [4.69, 9.17) is 4.74 Å². The first-order chi connectivity index (χ1) is 8.61. The predicted octanol–water partition coefficient (Wildman–Crippen LogP) is 1.41. The Labute approximate surface area is 106 Å². The van der Waals surface area contributed by atoms with E-state index in [1.807, 2.05) is 32.2 Å². The zero-order valence-corrected chi connectivity index (χ0v) is 10.8. The summed E-state index contributed by atoms with van der Waals surface area (Å²) in [6.45, 7) is 1.98. The maximum absolute atomic E-state index is 10.3. The average Bonchev–Trinajstić information content (AvgIpc) is 2.75. The van der Waals surface area contributed by atoms with Crippen molar-refractivity contribution in [3.05, 3.63) is 41.5 Å². The molecule has 1 N–H and O–H groups in total. The molecule has 18 heavy (non-hydrogen) atoms. The molecule has 0 fully saturated rings. The van der Waals surface area contributed by atoms with Crippen molar-refractivity contribution in [2.45, 2.75) is 19.4 Å². The number of methoxy groups -OCH3 is 1. The van der Waals surface area contributed by atoms with Gasteiger partial charge in [-0.2, -0.15) is 5.10 Å². The van der Waals surface area contributed by atoms with Crippen LogP contribution in [-0.2, 0) is 13.5 Å². The zero-order chi connectivity index (χ0) is 13.1. The average molecular weight is 247 g/mol. The summed E-state index contributed by atoms with van der Waals surface area (Å²) < 4.78 is 6.93. The molecule has 1 aromatic heterocycles. The fourth-order valence-corrected chi connectivity index (χ4v) is 1.90. The van der Waals surface area contributed by atoms with Crippen LogP contribution in [0.1, 0.15) is 23.1 Å². The van der Waals surface area contributed by atoms with Gasteiger partial charge in [0.15, 0.2) is 0 Å². The third-order valence-corrected chi connectivity index (χ3v) is 2.93. The van der Waals surface area contributed by atoms with Crippen molar-refractivity contribution in [1.82, 2.24) is 14.8 Å². The predicted molar refractivity (Wildman–Crippen MR) is 67.4 cm³/mol. The standard InChI is InChI=1S/C13H17N3O2/c1-9-4-5-12(18-3)10(6-9)11(17)7-13-14-8-15-16(13)2/h4-6,8,11,17H,7H2,1-3H3. The van der Waals surface area contributed by atoms with Gasteiger partial charge in [-0.25, -0.2) is 4.98 Å². The van der Waals surface area contributed by atoms with Gasteiger partial charge in [-0.3, -0.25) is 4.68 Å². The van der Waals surface area contributed by atoms with E-state index < -0.39 is 6.10 Å². The minimum absolute atomic E-state index is 0.413. The molecule has 1 unspecified atom stereocenters. The maximum atomic E-state index is 10.3. The fourth-order valence-electron chi connectivity index (χ4n) is 1.90. The van der Waals surface area contributed by atoms with Crippen LogP contribution >= 0.6 is 0 Å². The molecule has 1 heterocycles. The fraction of sp³-hybridized carbons (Fsp3) is 0.385. The molecule has 5 heteroatoms. The number of nitrogens with zero attached hydrogens (tertiary/aromatic N) is 3.